The number of hydrogen-bond donors (Lipinski definition) is 1. The molecule has 0 fully saturated rings. The van der Waals surface area contributed by atoms with Crippen LogP contribution in [-0.2, 0) is 6.54 Å². The molecule has 3 nitrogen and oxygen atoms in total. The van der Waals surface area contributed by atoms with Gasteiger partial charge >= 0.3 is 0 Å². The Morgan fingerprint density at radius 2 is 1.95 bits per heavy atom. The van der Waals surface area contributed by atoms with Gasteiger partial charge in [-0.25, -0.2) is 5.01 Å². The van der Waals surface area contributed by atoms with Crippen molar-refractivity contribution in [2.75, 3.05) is 7.05 Å². The Kier molecular flexibility index (Phi) is 5.46. The van der Waals surface area contributed by atoms with E-state index in [1.54, 1.807) is 5.01 Å². The molecule has 0 aliphatic heterocycles. The van der Waals surface area contributed by atoms with E-state index in [1.165, 1.54) is 11.1 Å². The summed E-state index contributed by atoms with van der Waals surface area (Å²) in [4.78, 5) is 0. The second kappa shape index (κ2) is 7.55. The van der Waals surface area contributed by atoms with Gasteiger partial charge in [-0.3, -0.25) is 0 Å². The first-order valence-electron chi connectivity index (χ1n) is 6.81. The molecule has 0 radical (unpaired) electrons. The summed E-state index contributed by atoms with van der Waals surface area (Å²) in [5.74, 6) is 0. The third-order valence-corrected chi connectivity index (χ3v) is 3.41. The van der Waals surface area contributed by atoms with Gasteiger partial charge in [-0.2, -0.15) is 5.10 Å². The van der Waals surface area contributed by atoms with Crippen LogP contribution in [0, 0.1) is 6.92 Å². The summed E-state index contributed by atoms with van der Waals surface area (Å²) in [5.41, 5.74) is 3.47. The molecule has 1 N–H and O–H groups in total. The molecule has 2 aromatic rings. The lowest BCUT2D eigenvalue weighted by Gasteiger charge is -2.15. The Morgan fingerprint density at radius 1 is 1.19 bits per heavy atom. The fraction of sp³-hybridized carbons (Fsp3) is 0.176. The van der Waals surface area contributed by atoms with Crippen LogP contribution >= 0.6 is 12.2 Å². The van der Waals surface area contributed by atoms with Crippen LogP contribution in [-0.4, -0.2) is 23.4 Å². The summed E-state index contributed by atoms with van der Waals surface area (Å²) < 4.78 is 0. The summed E-state index contributed by atoms with van der Waals surface area (Å²) >= 11 is 5.32. The second-order valence-corrected chi connectivity index (χ2v) is 5.21. The van der Waals surface area contributed by atoms with Crippen LogP contribution in [0.15, 0.2) is 59.7 Å². The van der Waals surface area contributed by atoms with Gasteiger partial charge in [-0.15, -0.1) is 0 Å². The first-order valence-corrected chi connectivity index (χ1v) is 7.22. The number of thiocarbonyl (C=S) groups is 1. The number of nitrogens with one attached hydrogen (secondary N) is 1. The standard InChI is InChI=1S/C17H19N3S/c1-14-7-6-10-16(11-14)13-19-20(2)17(21)18-12-15-8-4-3-5-9-15/h3-11,13H,12H2,1-2H3,(H,18,21)/b19-13-. The molecule has 21 heavy (non-hydrogen) atoms. The van der Waals surface area contributed by atoms with Crippen LogP contribution < -0.4 is 5.32 Å². The van der Waals surface area contributed by atoms with E-state index >= 15 is 0 Å². The first-order chi connectivity index (χ1) is 10.1. The van der Waals surface area contributed by atoms with Crippen molar-refractivity contribution in [3.8, 4) is 0 Å². The lowest BCUT2D eigenvalue weighted by atomic mass is 10.2. The SMILES string of the molecule is Cc1cccc(/C=N\N(C)C(=S)NCc2ccccc2)c1. The molecule has 2 aromatic carbocycles. The Bertz CT molecular complexity index is 623. The van der Waals surface area contributed by atoms with Crippen LogP contribution in [0.25, 0.3) is 0 Å². The zero-order valence-corrected chi connectivity index (χ0v) is 13.1. The molecule has 0 aliphatic rings. The molecule has 2 rings (SSSR count). The molecular formula is C17H19N3S. The van der Waals surface area contributed by atoms with Crippen molar-refractivity contribution < 1.29 is 0 Å². The average Bonchev–Trinajstić information content (AvgIpc) is 2.51. The van der Waals surface area contributed by atoms with Gasteiger partial charge in [0, 0.05) is 13.6 Å². The van der Waals surface area contributed by atoms with Crippen LogP contribution in [0.3, 0.4) is 0 Å². The van der Waals surface area contributed by atoms with Gasteiger partial charge in [0.1, 0.15) is 0 Å². The van der Waals surface area contributed by atoms with Gasteiger partial charge in [0.05, 0.1) is 6.21 Å². The van der Waals surface area contributed by atoms with E-state index in [0.29, 0.717) is 11.7 Å². The maximum Gasteiger partial charge on any atom is 0.189 e. The molecule has 108 valence electrons. The average molecular weight is 297 g/mol. The van der Waals surface area contributed by atoms with Gasteiger partial charge in [0.15, 0.2) is 5.11 Å². The lowest BCUT2D eigenvalue weighted by molar-refractivity contribution is 0.532. The van der Waals surface area contributed by atoms with Crippen LogP contribution in [0.4, 0.5) is 0 Å². The summed E-state index contributed by atoms with van der Waals surface area (Å²) in [6.07, 6.45) is 1.81. The third-order valence-electron chi connectivity index (χ3n) is 3.00. The predicted octanol–water partition coefficient (Wildman–Crippen LogP) is 3.34. The molecule has 4 heteroatoms. The monoisotopic (exact) mass is 297 g/mol. The van der Waals surface area contributed by atoms with Crippen LogP contribution in [0.5, 0.6) is 0 Å². The van der Waals surface area contributed by atoms with Crippen molar-refractivity contribution in [3.05, 3.63) is 71.3 Å². The molecular weight excluding hydrogens is 278 g/mol. The maximum absolute atomic E-state index is 5.32. The van der Waals surface area contributed by atoms with E-state index in [1.807, 2.05) is 43.6 Å². The maximum atomic E-state index is 5.32. The van der Waals surface area contributed by atoms with Crippen LogP contribution in [0.1, 0.15) is 16.7 Å². The van der Waals surface area contributed by atoms with Crippen molar-refractivity contribution in [1.29, 1.82) is 0 Å². The minimum atomic E-state index is 0.600. The number of hydrazone groups is 1. The van der Waals surface area contributed by atoms with E-state index in [4.69, 9.17) is 12.2 Å². The van der Waals surface area contributed by atoms with Gasteiger partial charge < -0.3 is 5.32 Å². The number of benzene rings is 2. The molecule has 0 heterocycles. The molecule has 0 bridgehead atoms. The van der Waals surface area contributed by atoms with E-state index < -0.39 is 0 Å². The molecule has 0 aliphatic carbocycles. The van der Waals surface area contributed by atoms with Gasteiger partial charge in [-0.05, 0) is 30.3 Å². The molecule has 0 saturated heterocycles. The third kappa shape index (κ3) is 5.00. The predicted molar refractivity (Wildman–Crippen MR) is 92.4 cm³/mol. The van der Waals surface area contributed by atoms with Gasteiger partial charge in [0.25, 0.3) is 0 Å². The van der Waals surface area contributed by atoms with E-state index in [2.05, 4.69) is 41.6 Å². The minimum absolute atomic E-state index is 0.600. The van der Waals surface area contributed by atoms with Crippen LogP contribution in [0.2, 0.25) is 0 Å². The summed E-state index contributed by atoms with van der Waals surface area (Å²) in [6, 6.07) is 18.3. The van der Waals surface area contributed by atoms with Crippen molar-refractivity contribution in [2.24, 2.45) is 5.10 Å². The fourth-order valence-electron chi connectivity index (χ4n) is 1.84. The Hall–Kier alpha value is -2.20. The second-order valence-electron chi connectivity index (χ2n) is 4.83. The molecule has 0 aromatic heterocycles. The van der Waals surface area contributed by atoms with Crippen molar-refractivity contribution >= 4 is 23.5 Å². The molecule has 0 saturated carbocycles. The highest BCUT2D eigenvalue weighted by Crippen LogP contribution is 2.02. The minimum Gasteiger partial charge on any atom is -0.357 e. The van der Waals surface area contributed by atoms with Gasteiger partial charge in [-0.1, -0.05) is 60.2 Å². The quantitative estimate of drug-likeness (QED) is 0.533. The topological polar surface area (TPSA) is 27.6 Å². The highest BCUT2D eigenvalue weighted by Gasteiger charge is 2.01. The largest absolute Gasteiger partial charge is 0.357 e. The fourth-order valence-corrected chi connectivity index (χ4v) is 1.96. The Morgan fingerprint density at radius 3 is 2.67 bits per heavy atom. The Labute approximate surface area is 131 Å². The highest BCUT2D eigenvalue weighted by atomic mass is 32.1. The summed E-state index contributed by atoms with van der Waals surface area (Å²) in [7, 11) is 1.84. The number of rotatable bonds is 4. The summed E-state index contributed by atoms with van der Waals surface area (Å²) in [5, 5.41) is 9.81. The Balaban J connectivity index is 1.87. The number of aryl methyl sites for hydroxylation is 1. The molecule has 0 atom stereocenters. The van der Waals surface area contributed by atoms with Crippen molar-refractivity contribution in [3.63, 3.8) is 0 Å². The molecule has 0 amide bonds. The summed E-state index contributed by atoms with van der Waals surface area (Å²) in [6.45, 7) is 2.76. The normalized spacial score (nSPS) is 10.6. The zero-order valence-electron chi connectivity index (χ0n) is 12.3. The zero-order chi connectivity index (χ0) is 15.1. The highest BCUT2D eigenvalue weighted by molar-refractivity contribution is 7.80. The number of nitrogens with zero attached hydrogens (tertiary/aromatic N) is 2. The van der Waals surface area contributed by atoms with E-state index in [9.17, 15) is 0 Å². The van der Waals surface area contributed by atoms with Crippen molar-refractivity contribution in [1.82, 2.24) is 10.3 Å². The van der Waals surface area contributed by atoms with E-state index in [-0.39, 0.29) is 0 Å². The van der Waals surface area contributed by atoms with Gasteiger partial charge in [0.2, 0.25) is 0 Å². The molecule has 0 spiro atoms. The smallest absolute Gasteiger partial charge is 0.189 e. The van der Waals surface area contributed by atoms with E-state index in [0.717, 1.165) is 5.56 Å². The number of hydrogen-bond acceptors (Lipinski definition) is 2. The first kappa shape index (κ1) is 15.2. The lowest BCUT2D eigenvalue weighted by Crippen LogP contribution is -2.33. The van der Waals surface area contributed by atoms with Crippen molar-refractivity contribution in [2.45, 2.75) is 13.5 Å². The molecule has 0 unspecified atom stereocenters.